The normalized spacial score (nSPS) is 11.5. The van der Waals surface area contributed by atoms with Gasteiger partial charge < -0.3 is 14.9 Å². The van der Waals surface area contributed by atoms with Crippen molar-refractivity contribution in [3.05, 3.63) is 177 Å². The molecule has 0 fully saturated rings. The van der Waals surface area contributed by atoms with E-state index in [-0.39, 0.29) is 52.8 Å². The van der Waals surface area contributed by atoms with Gasteiger partial charge in [0.25, 0.3) is 0 Å². The average Bonchev–Trinajstić information content (AvgIpc) is 3.61. The van der Waals surface area contributed by atoms with Crippen molar-refractivity contribution in [1.29, 1.82) is 0 Å². The molecule has 0 saturated carbocycles. The van der Waals surface area contributed by atoms with Crippen LogP contribution in [-0.4, -0.2) is 28.5 Å². The number of phenolic OH excluding ortho intramolecular Hbond substituents is 1. The van der Waals surface area contributed by atoms with Gasteiger partial charge >= 0.3 is 11.4 Å². The lowest BCUT2D eigenvalue weighted by Gasteiger charge is -2.18. The van der Waals surface area contributed by atoms with Crippen molar-refractivity contribution in [3.63, 3.8) is 0 Å². The Balaban J connectivity index is 0.000000180. The number of nitrogens with zero attached hydrogens (tertiary/aromatic N) is 4. The molecule has 0 spiro atoms. The summed E-state index contributed by atoms with van der Waals surface area (Å²) in [4.78, 5) is 25.3. The van der Waals surface area contributed by atoms with E-state index in [2.05, 4.69) is 41.5 Å². The molecule has 0 aliphatic heterocycles. The monoisotopic (exact) mass is 854 g/mol. The number of benzene rings is 6. The molecule has 0 radical (unpaired) electrons. The third-order valence-corrected chi connectivity index (χ3v) is 10.4. The zero-order chi connectivity index (χ0) is 45.6. The van der Waals surface area contributed by atoms with Gasteiger partial charge in [-0.25, -0.2) is 18.4 Å². The molecule has 8 aromatic rings. The maximum Gasteiger partial charge on any atom is 0.328 e. The number of aryl methyl sites for hydroxylation is 2. The molecule has 2 aromatic heterocycles. The minimum absolute atomic E-state index is 0.000674. The van der Waals surface area contributed by atoms with E-state index in [1.807, 2.05) is 89.0 Å². The number of fused-ring (bicyclic) bond motifs is 2. The Kier molecular flexibility index (Phi) is 13.9. The van der Waals surface area contributed by atoms with E-state index < -0.39 is 0 Å². The molecular formula is C52H56F2N4O5. The second-order valence-corrected chi connectivity index (χ2v) is 18.1. The number of halogens is 2. The highest BCUT2D eigenvalue weighted by molar-refractivity contribution is 5.84. The first-order valence-corrected chi connectivity index (χ1v) is 20.8. The van der Waals surface area contributed by atoms with E-state index >= 15 is 0 Å². The molecule has 0 aliphatic carbocycles. The Morgan fingerprint density at radius 1 is 0.524 bits per heavy atom. The Morgan fingerprint density at radius 3 is 1.41 bits per heavy atom. The Morgan fingerprint density at radius 2 is 0.968 bits per heavy atom. The minimum atomic E-state index is -0.347. The number of ether oxygens (including phenoxy) is 1. The molecule has 0 saturated heterocycles. The van der Waals surface area contributed by atoms with Crippen LogP contribution in [0.25, 0.3) is 44.3 Å². The average molecular weight is 855 g/mol. The van der Waals surface area contributed by atoms with Crippen molar-refractivity contribution in [2.75, 3.05) is 0 Å². The number of phenols is 1. The number of hydrogen-bond acceptors (Lipinski definition) is 5. The van der Waals surface area contributed by atoms with Crippen LogP contribution in [0.4, 0.5) is 8.78 Å². The lowest BCUT2D eigenvalue weighted by molar-refractivity contribution is 0.276. The maximum absolute atomic E-state index is 13.9. The van der Waals surface area contributed by atoms with E-state index in [4.69, 9.17) is 9.84 Å². The van der Waals surface area contributed by atoms with Gasteiger partial charge in [0.2, 0.25) is 0 Å². The largest absolute Gasteiger partial charge is 0.508 e. The SMILES string of the molecule is Cn1c(=O)n(CC(C)(C)C)c2ccc(-c3cccc(O)c3)cc21.Cn1c(=O)n(CC(C)(C)C)c2ccc(-c3cccc(OCc4ccccc4F)c3)cc21.OCc1ccccc1F. The molecule has 0 aliphatic rings. The minimum Gasteiger partial charge on any atom is -0.508 e. The van der Waals surface area contributed by atoms with Gasteiger partial charge in [0, 0.05) is 38.3 Å². The lowest BCUT2D eigenvalue weighted by atomic mass is 9.97. The molecule has 0 amide bonds. The standard InChI is InChI=1S/C26H27FN2O2.C19H22N2O2.C7H7FO/c1-26(2,3)17-29-23-13-12-19(15-24(23)28(4)25(29)30)18-9-7-10-21(14-18)31-16-20-8-5-6-11-22(20)27;1-19(2,3)12-21-16-9-8-14(11-17(16)20(4)18(21)23)13-6-5-7-15(22)10-13;8-7-4-2-1-3-6(7)5-9/h5-15H,16-17H2,1-4H3;5-11,22H,12H2,1-4H3;1-4,9H,5H2. The van der Waals surface area contributed by atoms with Crippen LogP contribution in [0.15, 0.2) is 143 Å². The quantitative estimate of drug-likeness (QED) is 0.158. The van der Waals surface area contributed by atoms with Crippen molar-refractivity contribution < 1.29 is 23.7 Å². The fraction of sp³-hybridized carbons (Fsp3) is 0.269. The van der Waals surface area contributed by atoms with Crippen LogP contribution in [-0.2, 0) is 40.4 Å². The summed E-state index contributed by atoms with van der Waals surface area (Å²) in [5.74, 6) is 0.284. The van der Waals surface area contributed by atoms with Crippen LogP contribution in [0.2, 0.25) is 0 Å². The second kappa shape index (κ2) is 19.1. The van der Waals surface area contributed by atoms with Crippen LogP contribution in [0.1, 0.15) is 52.7 Å². The predicted molar refractivity (Wildman–Crippen MR) is 249 cm³/mol. The number of aliphatic hydroxyl groups excluding tert-OH is 1. The first kappa shape index (κ1) is 45.8. The molecule has 2 heterocycles. The number of rotatable bonds is 8. The van der Waals surface area contributed by atoms with Crippen LogP contribution in [0.3, 0.4) is 0 Å². The fourth-order valence-electron chi connectivity index (χ4n) is 7.28. The summed E-state index contributed by atoms with van der Waals surface area (Å²) < 4.78 is 39.2. The van der Waals surface area contributed by atoms with E-state index in [0.717, 1.165) is 44.3 Å². The third kappa shape index (κ3) is 11.2. The van der Waals surface area contributed by atoms with Crippen molar-refractivity contribution in [2.24, 2.45) is 24.9 Å². The van der Waals surface area contributed by atoms with Gasteiger partial charge in [-0.2, -0.15) is 0 Å². The highest BCUT2D eigenvalue weighted by Crippen LogP contribution is 2.30. The molecule has 11 heteroatoms. The van der Waals surface area contributed by atoms with E-state index in [9.17, 15) is 23.5 Å². The van der Waals surface area contributed by atoms with Crippen molar-refractivity contribution >= 4 is 22.1 Å². The fourth-order valence-corrected chi connectivity index (χ4v) is 7.28. The highest BCUT2D eigenvalue weighted by Gasteiger charge is 2.20. The number of hydrogen-bond donors (Lipinski definition) is 2. The smallest absolute Gasteiger partial charge is 0.328 e. The summed E-state index contributed by atoms with van der Waals surface area (Å²) in [5.41, 5.74) is 8.44. The molecule has 6 aromatic carbocycles. The van der Waals surface area contributed by atoms with Gasteiger partial charge in [0.1, 0.15) is 29.7 Å². The summed E-state index contributed by atoms with van der Waals surface area (Å²) >= 11 is 0. The molecular weight excluding hydrogens is 799 g/mol. The summed E-state index contributed by atoms with van der Waals surface area (Å²) in [5, 5.41) is 18.1. The van der Waals surface area contributed by atoms with Crippen LogP contribution >= 0.6 is 0 Å². The van der Waals surface area contributed by atoms with Gasteiger partial charge in [0.15, 0.2) is 0 Å². The lowest BCUT2D eigenvalue weighted by Crippen LogP contribution is -2.27. The van der Waals surface area contributed by atoms with Crippen molar-refractivity contribution in [3.8, 4) is 33.8 Å². The molecule has 328 valence electrons. The highest BCUT2D eigenvalue weighted by atomic mass is 19.1. The van der Waals surface area contributed by atoms with E-state index in [0.29, 0.717) is 30.0 Å². The predicted octanol–water partition coefficient (Wildman–Crippen LogP) is 10.8. The maximum atomic E-state index is 13.9. The van der Waals surface area contributed by atoms with Gasteiger partial charge in [-0.3, -0.25) is 18.3 Å². The topological polar surface area (TPSA) is 104 Å². The van der Waals surface area contributed by atoms with Gasteiger partial charge in [0.05, 0.1) is 28.7 Å². The second-order valence-electron chi connectivity index (χ2n) is 18.1. The van der Waals surface area contributed by atoms with Crippen LogP contribution in [0.5, 0.6) is 11.5 Å². The molecule has 8 rings (SSSR count). The first-order chi connectivity index (χ1) is 29.8. The Labute approximate surface area is 366 Å². The van der Waals surface area contributed by atoms with Crippen molar-refractivity contribution in [2.45, 2.75) is 67.8 Å². The van der Waals surface area contributed by atoms with E-state index in [1.165, 1.54) is 12.1 Å². The number of aromatic nitrogens is 4. The summed E-state index contributed by atoms with van der Waals surface area (Å²) in [6, 6.07) is 39.7. The molecule has 0 bridgehead atoms. The third-order valence-electron chi connectivity index (χ3n) is 10.4. The number of aromatic hydroxyl groups is 1. The summed E-state index contributed by atoms with van der Waals surface area (Å²) in [7, 11) is 3.61. The molecule has 2 N–H and O–H groups in total. The Bertz CT molecular complexity index is 2980. The number of imidazole rings is 2. The molecule has 0 unspecified atom stereocenters. The number of aliphatic hydroxyl groups is 1. The van der Waals surface area contributed by atoms with Gasteiger partial charge in [-0.15, -0.1) is 0 Å². The first-order valence-electron chi connectivity index (χ1n) is 20.8. The zero-order valence-electron chi connectivity index (χ0n) is 37.2. The molecule has 9 nitrogen and oxygen atoms in total. The van der Waals surface area contributed by atoms with Gasteiger partial charge in [-0.1, -0.05) is 114 Å². The summed E-state index contributed by atoms with van der Waals surface area (Å²) in [6.45, 7) is 14.0. The van der Waals surface area contributed by atoms with Crippen LogP contribution < -0.4 is 16.1 Å². The summed E-state index contributed by atoms with van der Waals surface area (Å²) in [6.07, 6.45) is 0. The van der Waals surface area contributed by atoms with Crippen LogP contribution in [0, 0.1) is 22.5 Å². The van der Waals surface area contributed by atoms with Crippen molar-refractivity contribution in [1.82, 2.24) is 18.3 Å². The molecule has 0 atom stereocenters. The Hall–Kier alpha value is -6.72. The molecule has 63 heavy (non-hydrogen) atoms. The van der Waals surface area contributed by atoms with Gasteiger partial charge in [-0.05, 0) is 93.7 Å². The zero-order valence-corrected chi connectivity index (χ0v) is 37.2. The van der Waals surface area contributed by atoms with E-state index in [1.54, 1.807) is 64.7 Å².